The summed E-state index contributed by atoms with van der Waals surface area (Å²) in [7, 11) is 0. The Morgan fingerprint density at radius 3 is 2.00 bits per heavy atom. The van der Waals surface area contributed by atoms with Crippen LogP contribution in [-0.2, 0) is 9.59 Å². The number of carboxylic acids is 2. The summed E-state index contributed by atoms with van der Waals surface area (Å²) in [4.78, 5) is 50.5. The van der Waals surface area contributed by atoms with E-state index < -0.39 is 35.1 Å². The van der Waals surface area contributed by atoms with Crippen molar-refractivity contribution >= 4 is 24.1 Å². The molecule has 0 radical (unpaired) electrons. The monoisotopic (exact) mass is 304 g/mol. The summed E-state index contributed by atoms with van der Waals surface area (Å²) in [6, 6.07) is 0.728. The van der Waals surface area contributed by atoms with Gasteiger partial charge in [0.25, 0.3) is 0 Å². The fourth-order valence-electron chi connectivity index (χ4n) is 2.15. The van der Waals surface area contributed by atoms with E-state index in [9.17, 15) is 24.3 Å². The molecular weight excluding hydrogens is 292 g/mol. The quantitative estimate of drug-likeness (QED) is 0.608. The molecular formula is C14H12N2O6. The maximum atomic E-state index is 11.5. The van der Waals surface area contributed by atoms with Crippen molar-refractivity contribution in [1.82, 2.24) is 0 Å². The number of aliphatic imine (C=N–C) groups is 2. The van der Waals surface area contributed by atoms with Gasteiger partial charge < -0.3 is 10.2 Å². The molecule has 0 fully saturated rings. The second-order valence-corrected chi connectivity index (χ2v) is 4.39. The topological polar surface area (TPSA) is 133 Å². The van der Waals surface area contributed by atoms with Crippen molar-refractivity contribution in [2.75, 3.05) is 0 Å². The van der Waals surface area contributed by atoms with E-state index in [1.807, 2.05) is 0 Å². The summed E-state index contributed by atoms with van der Waals surface area (Å²) in [6.07, 6.45) is 2.66. The van der Waals surface area contributed by atoms with Gasteiger partial charge in [-0.3, -0.25) is 0 Å². The SMILES string of the molecule is CC(N=C=O)c1ccc(C(=O)O)c(C(=O)O)c1C(C)N=C=O. The zero-order chi connectivity index (χ0) is 16.9. The van der Waals surface area contributed by atoms with E-state index in [0.717, 1.165) is 6.07 Å². The molecule has 8 nitrogen and oxygen atoms in total. The number of carbonyl (C=O) groups is 2. The highest BCUT2D eigenvalue weighted by atomic mass is 16.4. The van der Waals surface area contributed by atoms with Gasteiger partial charge in [0.15, 0.2) is 0 Å². The van der Waals surface area contributed by atoms with Crippen LogP contribution in [-0.4, -0.2) is 34.3 Å². The maximum absolute atomic E-state index is 11.5. The molecule has 22 heavy (non-hydrogen) atoms. The first kappa shape index (κ1) is 17.0. The molecule has 0 aliphatic heterocycles. The minimum atomic E-state index is -1.48. The Morgan fingerprint density at radius 1 is 1.00 bits per heavy atom. The molecule has 0 aliphatic rings. The van der Waals surface area contributed by atoms with Gasteiger partial charge in [-0.25, -0.2) is 19.2 Å². The summed E-state index contributed by atoms with van der Waals surface area (Å²) < 4.78 is 0. The van der Waals surface area contributed by atoms with Crippen molar-refractivity contribution in [2.24, 2.45) is 9.98 Å². The summed E-state index contributed by atoms with van der Waals surface area (Å²) in [5, 5.41) is 18.5. The Labute approximate surface area is 124 Å². The molecule has 0 aliphatic carbocycles. The first-order chi connectivity index (χ1) is 10.3. The molecule has 0 saturated heterocycles. The smallest absolute Gasteiger partial charge is 0.336 e. The number of isocyanates is 2. The highest BCUT2D eigenvalue weighted by Gasteiger charge is 2.27. The van der Waals surface area contributed by atoms with Crippen molar-refractivity contribution < 1.29 is 29.4 Å². The number of carboxylic acid groups (broad SMARTS) is 2. The molecule has 1 aromatic carbocycles. The number of nitrogens with zero attached hydrogens (tertiary/aromatic N) is 2. The summed E-state index contributed by atoms with van der Waals surface area (Å²) in [6.45, 7) is 2.92. The Kier molecular flexibility index (Phi) is 5.46. The lowest BCUT2D eigenvalue weighted by atomic mass is 9.89. The van der Waals surface area contributed by atoms with Crippen molar-refractivity contribution in [1.29, 1.82) is 0 Å². The Balaban J connectivity index is 3.84. The van der Waals surface area contributed by atoms with E-state index in [4.69, 9.17) is 5.11 Å². The lowest BCUT2D eigenvalue weighted by Crippen LogP contribution is -2.15. The zero-order valence-electron chi connectivity index (χ0n) is 11.7. The van der Waals surface area contributed by atoms with Crippen LogP contribution in [0.15, 0.2) is 22.1 Å². The molecule has 0 heterocycles. The Hall–Kier alpha value is -3.08. The fourth-order valence-corrected chi connectivity index (χ4v) is 2.15. The average molecular weight is 304 g/mol. The number of hydrogen-bond acceptors (Lipinski definition) is 6. The van der Waals surface area contributed by atoms with Crippen LogP contribution >= 0.6 is 0 Å². The highest BCUT2D eigenvalue weighted by molar-refractivity contribution is 6.03. The third kappa shape index (κ3) is 3.32. The number of hydrogen-bond donors (Lipinski definition) is 2. The molecule has 2 N–H and O–H groups in total. The molecule has 0 saturated carbocycles. The van der Waals surface area contributed by atoms with Crippen LogP contribution in [0.4, 0.5) is 0 Å². The minimum Gasteiger partial charge on any atom is -0.478 e. The molecule has 0 bridgehead atoms. The molecule has 1 aromatic rings. The van der Waals surface area contributed by atoms with Crippen molar-refractivity contribution in [2.45, 2.75) is 25.9 Å². The summed E-state index contributed by atoms with van der Waals surface area (Å²) in [5.74, 6) is -2.91. The third-order valence-corrected chi connectivity index (χ3v) is 3.08. The van der Waals surface area contributed by atoms with Crippen molar-refractivity contribution in [3.63, 3.8) is 0 Å². The number of benzene rings is 1. The molecule has 0 aromatic heterocycles. The molecule has 2 atom stereocenters. The van der Waals surface area contributed by atoms with Crippen LogP contribution in [0.1, 0.15) is 57.8 Å². The van der Waals surface area contributed by atoms with Gasteiger partial charge in [0, 0.05) is 0 Å². The summed E-state index contributed by atoms with van der Waals surface area (Å²) in [5.41, 5.74) is -0.662. The lowest BCUT2D eigenvalue weighted by Gasteiger charge is -2.18. The lowest BCUT2D eigenvalue weighted by molar-refractivity contribution is 0.0650. The second kappa shape index (κ2) is 7.08. The van der Waals surface area contributed by atoms with Crippen molar-refractivity contribution in [3.05, 3.63) is 34.4 Å². The van der Waals surface area contributed by atoms with Crippen LogP contribution in [0, 0.1) is 0 Å². The van der Waals surface area contributed by atoms with Gasteiger partial charge in [-0.2, -0.15) is 9.98 Å². The van der Waals surface area contributed by atoms with Gasteiger partial charge in [0.1, 0.15) is 0 Å². The standard InChI is InChI=1S/C14H12N2O6/c1-7(15-5-17)9-3-4-10(13(19)20)12(14(21)22)11(9)8(2)16-6-18/h3-4,7-8H,1-2H3,(H,19,20)(H,21,22). The van der Waals surface area contributed by atoms with Crippen LogP contribution in [0.3, 0.4) is 0 Å². The number of aromatic carboxylic acids is 2. The van der Waals surface area contributed by atoms with Gasteiger partial charge in [0.05, 0.1) is 23.2 Å². The van der Waals surface area contributed by atoms with Crippen LogP contribution in [0.5, 0.6) is 0 Å². The first-order valence-corrected chi connectivity index (χ1v) is 6.12. The average Bonchev–Trinajstić information content (AvgIpc) is 2.45. The van der Waals surface area contributed by atoms with Crippen LogP contribution in [0.25, 0.3) is 0 Å². The van der Waals surface area contributed by atoms with Gasteiger partial charge in [-0.15, -0.1) is 0 Å². The normalized spacial score (nSPS) is 12.5. The van der Waals surface area contributed by atoms with E-state index >= 15 is 0 Å². The molecule has 1 rings (SSSR count). The van der Waals surface area contributed by atoms with Crippen LogP contribution < -0.4 is 0 Å². The molecule has 0 amide bonds. The largest absolute Gasteiger partial charge is 0.478 e. The Morgan fingerprint density at radius 2 is 1.55 bits per heavy atom. The van der Waals surface area contributed by atoms with Crippen molar-refractivity contribution in [3.8, 4) is 0 Å². The van der Waals surface area contributed by atoms with Gasteiger partial charge in [-0.05, 0) is 31.0 Å². The van der Waals surface area contributed by atoms with E-state index in [-0.39, 0.29) is 11.1 Å². The third-order valence-electron chi connectivity index (χ3n) is 3.08. The molecule has 114 valence electrons. The van der Waals surface area contributed by atoms with Gasteiger partial charge in [-0.1, -0.05) is 6.07 Å². The van der Waals surface area contributed by atoms with E-state index in [0.29, 0.717) is 0 Å². The van der Waals surface area contributed by atoms with Gasteiger partial charge >= 0.3 is 11.9 Å². The molecule has 2 unspecified atom stereocenters. The molecule has 8 heteroatoms. The first-order valence-electron chi connectivity index (χ1n) is 6.12. The fraction of sp³-hybridized carbons (Fsp3) is 0.286. The highest BCUT2D eigenvalue weighted by Crippen LogP contribution is 2.33. The van der Waals surface area contributed by atoms with E-state index in [1.165, 1.54) is 32.1 Å². The zero-order valence-corrected chi connectivity index (χ0v) is 11.7. The van der Waals surface area contributed by atoms with E-state index in [1.54, 1.807) is 0 Å². The minimum absolute atomic E-state index is 0.00208. The van der Waals surface area contributed by atoms with Gasteiger partial charge in [0.2, 0.25) is 12.2 Å². The predicted octanol–water partition coefficient (Wildman–Crippen LogP) is 1.88. The number of rotatable bonds is 6. The second-order valence-electron chi connectivity index (χ2n) is 4.39. The number of carbonyl (C=O) groups excluding carboxylic acids is 2. The Bertz CT molecular complexity index is 714. The predicted molar refractivity (Wildman–Crippen MR) is 73.4 cm³/mol. The van der Waals surface area contributed by atoms with Crippen LogP contribution in [0.2, 0.25) is 0 Å². The summed E-state index contributed by atoms with van der Waals surface area (Å²) >= 11 is 0. The maximum Gasteiger partial charge on any atom is 0.336 e. The molecule has 0 spiro atoms. The van der Waals surface area contributed by atoms with E-state index in [2.05, 4.69) is 9.98 Å².